The Kier molecular flexibility index (Phi) is 4.73. The van der Waals surface area contributed by atoms with Crippen molar-refractivity contribution in [1.82, 2.24) is 0 Å². The fourth-order valence-electron chi connectivity index (χ4n) is 3.20. The van der Waals surface area contributed by atoms with E-state index >= 15 is 0 Å². The normalized spacial score (nSPS) is 13.8. The standard InChI is InChI=1S/C22H16ClFN2O/c23-17-10-11-20-18(12-17)22(15-6-2-1-3-7-15)25-13-21(27)26(20)14-16-8-4-5-9-19(16)24/h1-12H,13-14H2. The summed E-state index contributed by atoms with van der Waals surface area (Å²) in [6.07, 6.45) is 0. The van der Waals surface area contributed by atoms with Crippen LogP contribution >= 0.6 is 11.6 Å². The molecule has 4 rings (SSSR count). The number of carbonyl (C=O) groups is 1. The third kappa shape index (κ3) is 3.49. The van der Waals surface area contributed by atoms with Gasteiger partial charge in [-0.2, -0.15) is 0 Å². The van der Waals surface area contributed by atoms with Gasteiger partial charge in [0.1, 0.15) is 12.4 Å². The van der Waals surface area contributed by atoms with Crippen LogP contribution in [0, 0.1) is 5.82 Å². The molecule has 3 nitrogen and oxygen atoms in total. The van der Waals surface area contributed by atoms with Crippen molar-refractivity contribution in [3.8, 4) is 0 Å². The lowest BCUT2D eigenvalue weighted by atomic mass is 10.00. The molecule has 3 aromatic rings. The second kappa shape index (κ2) is 7.33. The molecular weight excluding hydrogens is 363 g/mol. The summed E-state index contributed by atoms with van der Waals surface area (Å²) in [5.74, 6) is -0.526. The maximum atomic E-state index is 14.2. The molecule has 1 aliphatic heterocycles. The van der Waals surface area contributed by atoms with Crippen molar-refractivity contribution >= 4 is 28.9 Å². The zero-order valence-electron chi connectivity index (χ0n) is 14.4. The van der Waals surface area contributed by atoms with Crippen LogP contribution < -0.4 is 4.90 Å². The second-order valence-corrected chi connectivity index (χ2v) is 6.70. The molecule has 0 N–H and O–H groups in total. The Balaban J connectivity index is 1.83. The molecule has 0 aliphatic carbocycles. The van der Waals surface area contributed by atoms with Crippen LogP contribution in [0.25, 0.3) is 0 Å². The Morgan fingerprint density at radius 2 is 1.74 bits per heavy atom. The van der Waals surface area contributed by atoms with Crippen LogP contribution in [0.3, 0.4) is 0 Å². The Morgan fingerprint density at radius 1 is 1.00 bits per heavy atom. The highest BCUT2D eigenvalue weighted by molar-refractivity contribution is 6.32. The zero-order chi connectivity index (χ0) is 18.8. The number of hydrogen-bond donors (Lipinski definition) is 0. The third-order valence-electron chi connectivity index (χ3n) is 4.51. The lowest BCUT2D eigenvalue weighted by molar-refractivity contribution is -0.117. The summed E-state index contributed by atoms with van der Waals surface area (Å²) >= 11 is 6.23. The minimum absolute atomic E-state index is 0.00895. The fourth-order valence-corrected chi connectivity index (χ4v) is 3.37. The van der Waals surface area contributed by atoms with Crippen LogP contribution in [0.5, 0.6) is 0 Å². The maximum absolute atomic E-state index is 14.2. The number of hydrogen-bond acceptors (Lipinski definition) is 2. The van der Waals surface area contributed by atoms with Crippen molar-refractivity contribution in [2.24, 2.45) is 4.99 Å². The van der Waals surface area contributed by atoms with Crippen molar-refractivity contribution in [3.63, 3.8) is 0 Å². The highest BCUT2D eigenvalue weighted by atomic mass is 35.5. The summed E-state index contributed by atoms with van der Waals surface area (Å²) in [4.78, 5) is 18.9. The molecule has 3 aromatic carbocycles. The molecule has 5 heteroatoms. The summed E-state index contributed by atoms with van der Waals surface area (Å²) in [6.45, 7) is 0.128. The molecule has 0 saturated carbocycles. The van der Waals surface area contributed by atoms with Crippen LogP contribution in [0.4, 0.5) is 10.1 Å². The van der Waals surface area contributed by atoms with Crippen LogP contribution in [-0.2, 0) is 11.3 Å². The van der Waals surface area contributed by atoms with E-state index in [9.17, 15) is 9.18 Å². The first-order chi connectivity index (χ1) is 13.1. The van der Waals surface area contributed by atoms with Gasteiger partial charge in [-0.15, -0.1) is 0 Å². The predicted octanol–water partition coefficient (Wildman–Crippen LogP) is 4.86. The monoisotopic (exact) mass is 378 g/mol. The lowest BCUT2D eigenvalue weighted by Crippen LogP contribution is -2.32. The first-order valence-corrected chi connectivity index (χ1v) is 8.95. The van der Waals surface area contributed by atoms with Crippen molar-refractivity contribution in [3.05, 3.63) is 100 Å². The van der Waals surface area contributed by atoms with Gasteiger partial charge < -0.3 is 4.90 Å². The molecule has 0 bridgehead atoms. The van der Waals surface area contributed by atoms with E-state index in [1.165, 1.54) is 6.07 Å². The smallest absolute Gasteiger partial charge is 0.248 e. The third-order valence-corrected chi connectivity index (χ3v) is 4.75. The first-order valence-electron chi connectivity index (χ1n) is 8.57. The largest absolute Gasteiger partial charge is 0.306 e. The average Bonchev–Trinajstić information content (AvgIpc) is 2.81. The molecule has 1 aliphatic rings. The Bertz CT molecular complexity index is 1030. The van der Waals surface area contributed by atoms with E-state index in [1.54, 1.807) is 41.3 Å². The van der Waals surface area contributed by atoms with E-state index in [1.807, 2.05) is 30.3 Å². The number of aliphatic imine (C=N–C) groups is 1. The van der Waals surface area contributed by atoms with Crippen molar-refractivity contribution in [1.29, 1.82) is 0 Å². The molecule has 134 valence electrons. The van der Waals surface area contributed by atoms with Gasteiger partial charge in [0.05, 0.1) is 17.9 Å². The van der Waals surface area contributed by atoms with E-state index in [0.29, 0.717) is 22.0 Å². The minimum Gasteiger partial charge on any atom is -0.306 e. The highest BCUT2D eigenvalue weighted by Crippen LogP contribution is 2.31. The van der Waals surface area contributed by atoms with Gasteiger partial charge in [0.2, 0.25) is 5.91 Å². The Labute approximate surface area is 161 Å². The number of rotatable bonds is 3. The van der Waals surface area contributed by atoms with Crippen molar-refractivity contribution in [2.75, 3.05) is 11.4 Å². The minimum atomic E-state index is -0.339. The molecule has 0 saturated heterocycles. The predicted molar refractivity (Wildman–Crippen MR) is 106 cm³/mol. The molecule has 27 heavy (non-hydrogen) atoms. The van der Waals surface area contributed by atoms with Crippen LogP contribution in [0.15, 0.2) is 77.8 Å². The number of fused-ring (bicyclic) bond motifs is 1. The van der Waals surface area contributed by atoms with Gasteiger partial charge in [0.25, 0.3) is 0 Å². The van der Waals surface area contributed by atoms with E-state index in [0.717, 1.165) is 11.1 Å². The summed E-state index contributed by atoms with van der Waals surface area (Å²) < 4.78 is 14.2. The van der Waals surface area contributed by atoms with Crippen LogP contribution in [0.1, 0.15) is 16.7 Å². The topological polar surface area (TPSA) is 32.7 Å². The molecule has 0 atom stereocenters. The van der Waals surface area contributed by atoms with E-state index in [4.69, 9.17) is 11.6 Å². The summed E-state index contributed by atoms with van der Waals surface area (Å²) in [5.41, 5.74) is 3.50. The molecule has 0 fully saturated rings. The van der Waals surface area contributed by atoms with E-state index < -0.39 is 0 Å². The molecular formula is C22H16ClFN2O. The zero-order valence-corrected chi connectivity index (χ0v) is 15.2. The van der Waals surface area contributed by atoms with Gasteiger partial charge in [-0.1, -0.05) is 60.1 Å². The number of anilines is 1. The maximum Gasteiger partial charge on any atom is 0.248 e. The summed E-state index contributed by atoms with van der Waals surface area (Å²) in [5, 5.41) is 0.553. The van der Waals surface area contributed by atoms with Crippen molar-refractivity contribution in [2.45, 2.75) is 6.54 Å². The van der Waals surface area contributed by atoms with Gasteiger partial charge in [-0.25, -0.2) is 4.39 Å². The first kappa shape index (κ1) is 17.4. The highest BCUT2D eigenvalue weighted by Gasteiger charge is 2.26. The van der Waals surface area contributed by atoms with Gasteiger partial charge in [-0.05, 0) is 24.3 Å². The summed E-state index contributed by atoms with van der Waals surface area (Å²) in [6, 6.07) is 21.5. The van der Waals surface area contributed by atoms with Crippen LogP contribution in [-0.4, -0.2) is 18.2 Å². The van der Waals surface area contributed by atoms with Crippen LogP contribution in [0.2, 0.25) is 5.02 Å². The molecule has 0 unspecified atom stereocenters. The Morgan fingerprint density at radius 3 is 2.52 bits per heavy atom. The number of halogens is 2. The molecule has 1 heterocycles. The number of amides is 1. The van der Waals surface area contributed by atoms with Crippen molar-refractivity contribution < 1.29 is 9.18 Å². The van der Waals surface area contributed by atoms with Gasteiger partial charge in [0, 0.05) is 21.7 Å². The SMILES string of the molecule is O=C1CN=C(c2ccccc2)c2cc(Cl)ccc2N1Cc1ccccc1F. The van der Waals surface area contributed by atoms with E-state index in [2.05, 4.69) is 4.99 Å². The molecule has 0 radical (unpaired) electrons. The van der Waals surface area contributed by atoms with Gasteiger partial charge in [-0.3, -0.25) is 9.79 Å². The van der Waals surface area contributed by atoms with Gasteiger partial charge >= 0.3 is 0 Å². The lowest BCUT2D eigenvalue weighted by Gasteiger charge is -2.23. The Hall–Kier alpha value is -2.98. The molecule has 0 aromatic heterocycles. The number of carbonyl (C=O) groups excluding carboxylic acids is 1. The molecule has 0 spiro atoms. The number of benzodiazepines with no additional fused rings is 1. The average molecular weight is 379 g/mol. The van der Waals surface area contributed by atoms with E-state index in [-0.39, 0.29) is 24.8 Å². The number of nitrogens with zero attached hydrogens (tertiary/aromatic N) is 2. The van der Waals surface area contributed by atoms with Gasteiger partial charge in [0.15, 0.2) is 0 Å². The summed E-state index contributed by atoms with van der Waals surface area (Å²) in [7, 11) is 0. The second-order valence-electron chi connectivity index (χ2n) is 6.26. The number of benzene rings is 3. The fraction of sp³-hybridized carbons (Fsp3) is 0.0909. The molecule has 1 amide bonds. The quantitative estimate of drug-likeness (QED) is 0.640.